The fraction of sp³-hybridized carbons (Fsp3) is 0.214. The number of furan rings is 1. The highest BCUT2D eigenvalue weighted by Gasteiger charge is 2.13. The van der Waals surface area contributed by atoms with Gasteiger partial charge in [-0.1, -0.05) is 6.07 Å². The van der Waals surface area contributed by atoms with Gasteiger partial charge in [-0.05, 0) is 31.2 Å². The van der Waals surface area contributed by atoms with Crippen molar-refractivity contribution >= 4 is 17.4 Å². The lowest BCUT2D eigenvalue weighted by Crippen LogP contribution is -2.15. The number of rotatable bonds is 4. The van der Waals surface area contributed by atoms with E-state index in [4.69, 9.17) is 4.42 Å². The van der Waals surface area contributed by atoms with E-state index in [9.17, 15) is 9.18 Å². The fourth-order valence-electron chi connectivity index (χ4n) is 1.77. The molecule has 0 amide bonds. The van der Waals surface area contributed by atoms with Crippen LogP contribution in [0.15, 0.2) is 40.8 Å². The van der Waals surface area contributed by atoms with Crippen molar-refractivity contribution in [2.75, 3.05) is 11.4 Å². The van der Waals surface area contributed by atoms with Gasteiger partial charge >= 0.3 is 0 Å². The number of hydrogen-bond acceptors (Lipinski definition) is 3. The molecule has 0 spiro atoms. The lowest BCUT2D eigenvalue weighted by molar-refractivity contribution is 0.0988. The molecule has 2 aromatic rings. The summed E-state index contributed by atoms with van der Waals surface area (Å²) in [7, 11) is 0. The molecule has 1 aromatic carbocycles. The first-order valence-electron chi connectivity index (χ1n) is 5.75. The summed E-state index contributed by atoms with van der Waals surface area (Å²) in [5.74, 6) is 0.411. The summed E-state index contributed by atoms with van der Waals surface area (Å²) in [5.41, 5.74) is 0.696. The SMILES string of the molecule is CCN(c1cccc(F)c1)c1ccc(C(C)=O)o1. The molecule has 94 valence electrons. The molecule has 0 atom stereocenters. The standard InChI is InChI=1S/C14H14FNO2/c1-3-16(12-6-4-5-11(15)9-12)14-8-7-13(18-14)10(2)17/h4-9H,3H2,1-2H3. The third-order valence-electron chi connectivity index (χ3n) is 2.64. The topological polar surface area (TPSA) is 33.5 Å². The first kappa shape index (κ1) is 12.4. The maximum atomic E-state index is 13.2. The van der Waals surface area contributed by atoms with E-state index in [1.54, 1.807) is 29.2 Å². The van der Waals surface area contributed by atoms with Gasteiger partial charge < -0.3 is 9.32 Å². The second kappa shape index (κ2) is 5.04. The molecular formula is C14H14FNO2. The summed E-state index contributed by atoms with van der Waals surface area (Å²) in [6.07, 6.45) is 0. The molecule has 1 aromatic heterocycles. The van der Waals surface area contributed by atoms with Crippen molar-refractivity contribution in [1.29, 1.82) is 0 Å². The Morgan fingerprint density at radius 3 is 2.67 bits per heavy atom. The van der Waals surface area contributed by atoms with Crippen molar-refractivity contribution in [3.05, 3.63) is 48.0 Å². The van der Waals surface area contributed by atoms with Gasteiger partial charge in [-0.25, -0.2) is 4.39 Å². The Morgan fingerprint density at radius 2 is 2.11 bits per heavy atom. The molecule has 0 saturated carbocycles. The lowest BCUT2D eigenvalue weighted by Gasteiger charge is -2.19. The summed E-state index contributed by atoms with van der Waals surface area (Å²) in [5, 5.41) is 0. The Hall–Kier alpha value is -2.10. The van der Waals surface area contributed by atoms with E-state index >= 15 is 0 Å². The summed E-state index contributed by atoms with van der Waals surface area (Å²) in [6, 6.07) is 9.59. The number of carbonyl (C=O) groups excluding carboxylic acids is 1. The Kier molecular flexibility index (Phi) is 3.46. The minimum absolute atomic E-state index is 0.128. The monoisotopic (exact) mass is 247 g/mol. The van der Waals surface area contributed by atoms with Gasteiger partial charge in [-0.2, -0.15) is 0 Å². The van der Waals surface area contributed by atoms with Crippen LogP contribution >= 0.6 is 0 Å². The molecule has 18 heavy (non-hydrogen) atoms. The molecule has 0 N–H and O–H groups in total. The zero-order chi connectivity index (χ0) is 13.1. The van der Waals surface area contributed by atoms with Gasteiger partial charge in [0.15, 0.2) is 11.5 Å². The van der Waals surface area contributed by atoms with Crippen molar-refractivity contribution in [3.63, 3.8) is 0 Å². The predicted octanol–water partition coefficient (Wildman–Crippen LogP) is 3.78. The normalized spacial score (nSPS) is 10.4. The summed E-state index contributed by atoms with van der Waals surface area (Å²) < 4.78 is 18.6. The van der Waals surface area contributed by atoms with Crippen LogP contribution in [0.1, 0.15) is 24.4 Å². The largest absolute Gasteiger partial charge is 0.437 e. The number of carbonyl (C=O) groups is 1. The molecule has 0 aliphatic heterocycles. The number of anilines is 2. The van der Waals surface area contributed by atoms with E-state index in [0.717, 1.165) is 0 Å². The first-order valence-corrected chi connectivity index (χ1v) is 5.75. The third kappa shape index (κ3) is 2.42. The van der Waals surface area contributed by atoms with Crippen LogP contribution in [0.25, 0.3) is 0 Å². The van der Waals surface area contributed by atoms with Crippen LogP contribution in [0.5, 0.6) is 0 Å². The number of benzene rings is 1. The van der Waals surface area contributed by atoms with E-state index in [1.807, 2.05) is 6.92 Å². The molecule has 1 heterocycles. The maximum absolute atomic E-state index is 13.2. The van der Waals surface area contributed by atoms with Gasteiger partial charge in [-0.15, -0.1) is 0 Å². The van der Waals surface area contributed by atoms with Crippen molar-refractivity contribution in [3.8, 4) is 0 Å². The van der Waals surface area contributed by atoms with Crippen LogP contribution in [0.2, 0.25) is 0 Å². The van der Waals surface area contributed by atoms with E-state index in [2.05, 4.69) is 0 Å². The number of Topliss-reactive ketones (excluding diaryl/α,β-unsaturated/α-hetero) is 1. The number of nitrogens with zero attached hydrogens (tertiary/aromatic N) is 1. The minimum Gasteiger partial charge on any atom is -0.437 e. The quantitative estimate of drug-likeness (QED) is 0.771. The Bertz CT molecular complexity index is 562. The summed E-state index contributed by atoms with van der Waals surface area (Å²) >= 11 is 0. The van der Waals surface area contributed by atoms with Gasteiger partial charge in [0.2, 0.25) is 5.88 Å². The van der Waals surface area contributed by atoms with E-state index in [0.29, 0.717) is 23.9 Å². The van der Waals surface area contributed by atoms with Crippen LogP contribution < -0.4 is 4.90 Å². The van der Waals surface area contributed by atoms with Gasteiger partial charge in [-0.3, -0.25) is 4.79 Å². The van der Waals surface area contributed by atoms with Crippen molar-refractivity contribution in [2.45, 2.75) is 13.8 Å². The highest BCUT2D eigenvalue weighted by Crippen LogP contribution is 2.27. The number of ketones is 1. The number of hydrogen-bond donors (Lipinski definition) is 0. The van der Waals surface area contributed by atoms with Crippen LogP contribution in [-0.4, -0.2) is 12.3 Å². The zero-order valence-electron chi connectivity index (χ0n) is 10.3. The van der Waals surface area contributed by atoms with E-state index < -0.39 is 0 Å². The fourth-order valence-corrected chi connectivity index (χ4v) is 1.77. The molecule has 0 saturated heterocycles. The highest BCUT2D eigenvalue weighted by molar-refractivity contribution is 5.91. The molecular weight excluding hydrogens is 233 g/mol. The molecule has 0 fully saturated rings. The molecule has 3 nitrogen and oxygen atoms in total. The van der Waals surface area contributed by atoms with E-state index in [1.165, 1.54) is 19.1 Å². The van der Waals surface area contributed by atoms with Crippen LogP contribution in [0.3, 0.4) is 0 Å². The van der Waals surface area contributed by atoms with Gasteiger partial charge in [0.25, 0.3) is 0 Å². The van der Waals surface area contributed by atoms with Crippen molar-refractivity contribution in [2.24, 2.45) is 0 Å². The second-order valence-electron chi connectivity index (χ2n) is 3.92. The molecule has 4 heteroatoms. The van der Waals surface area contributed by atoms with Gasteiger partial charge in [0, 0.05) is 25.2 Å². The van der Waals surface area contributed by atoms with Crippen LogP contribution in [-0.2, 0) is 0 Å². The number of halogens is 1. The Labute approximate surface area is 105 Å². The maximum Gasteiger partial charge on any atom is 0.200 e. The second-order valence-corrected chi connectivity index (χ2v) is 3.92. The molecule has 2 rings (SSSR count). The molecule has 0 bridgehead atoms. The van der Waals surface area contributed by atoms with Crippen LogP contribution in [0, 0.1) is 5.82 Å². The molecule has 0 aliphatic rings. The van der Waals surface area contributed by atoms with Gasteiger partial charge in [0.1, 0.15) is 5.82 Å². The average molecular weight is 247 g/mol. The third-order valence-corrected chi connectivity index (χ3v) is 2.64. The lowest BCUT2D eigenvalue weighted by atomic mass is 10.3. The first-order chi connectivity index (χ1) is 8.61. The zero-order valence-corrected chi connectivity index (χ0v) is 10.3. The smallest absolute Gasteiger partial charge is 0.200 e. The van der Waals surface area contributed by atoms with Gasteiger partial charge in [0.05, 0.1) is 0 Å². The molecule has 0 unspecified atom stereocenters. The van der Waals surface area contributed by atoms with Crippen LogP contribution in [0.4, 0.5) is 16.0 Å². The minimum atomic E-state index is -0.302. The summed E-state index contributed by atoms with van der Waals surface area (Å²) in [4.78, 5) is 13.0. The molecule has 0 radical (unpaired) electrons. The average Bonchev–Trinajstić information content (AvgIpc) is 2.80. The predicted molar refractivity (Wildman–Crippen MR) is 67.8 cm³/mol. The van der Waals surface area contributed by atoms with Crippen molar-refractivity contribution in [1.82, 2.24) is 0 Å². The summed E-state index contributed by atoms with van der Waals surface area (Å²) in [6.45, 7) is 4.00. The Morgan fingerprint density at radius 1 is 1.33 bits per heavy atom. The molecule has 0 aliphatic carbocycles. The van der Waals surface area contributed by atoms with E-state index in [-0.39, 0.29) is 11.6 Å². The van der Waals surface area contributed by atoms with Crippen molar-refractivity contribution < 1.29 is 13.6 Å². The highest BCUT2D eigenvalue weighted by atomic mass is 19.1. The Balaban J connectivity index is 2.35.